The smallest absolute Gasteiger partial charge is 0.128 e. The van der Waals surface area contributed by atoms with Crippen molar-refractivity contribution in [3.8, 4) is 5.75 Å². The number of nitrogens with two attached hydrogens (primary N) is 2. The number of rotatable bonds is 3. The first-order valence-corrected chi connectivity index (χ1v) is 4.09. The van der Waals surface area contributed by atoms with Gasteiger partial charge in [-0.15, -0.1) is 0 Å². The second-order valence-electron chi connectivity index (χ2n) is 2.76. The number of benzene rings is 1. The summed E-state index contributed by atoms with van der Waals surface area (Å²) >= 11 is 0. The van der Waals surface area contributed by atoms with Crippen LogP contribution in [0.3, 0.4) is 0 Å². The first-order chi connectivity index (χ1) is 6.65. The van der Waals surface area contributed by atoms with Crippen molar-refractivity contribution in [2.45, 2.75) is 0 Å². The third kappa shape index (κ3) is 2.26. The maximum atomic E-state index is 7.69. The Morgan fingerprint density at radius 3 is 2.57 bits per heavy atom. The highest BCUT2D eigenvalue weighted by molar-refractivity contribution is 6.08. The van der Waals surface area contributed by atoms with Gasteiger partial charge in [0.05, 0.1) is 18.6 Å². The highest BCUT2D eigenvalue weighted by atomic mass is 16.5. The third-order valence-electron chi connectivity index (χ3n) is 1.71. The van der Waals surface area contributed by atoms with Crippen LogP contribution in [0.25, 0.3) is 0 Å². The molecular weight excluding hydrogens is 178 g/mol. The van der Waals surface area contributed by atoms with Gasteiger partial charge in [0.25, 0.3) is 0 Å². The van der Waals surface area contributed by atoms with E-state index < -0.39 is 0 Å². The van der Waals surface area contributed by atoms with E-state index in [0.29, 0.717) is 11.3 Å². The third-order valence-corrected chi connectivity index (χ3v) is 1.71. The molecule has 1 aromatic carbocycles. The van der Waals surface area contributed by atoms with Crippen molar-refractivity contribution >= 4 is 5.71 Å². The fourth-order valence-electron chi connectivity index (χ4n) is 1.11. The Balaban J connectivity index is 3.06. The second kappa shape index (κ2) is 4.32. The van der Waals surface area contributed by atoms with Crippen LogP contribution in [-0.2, 0) is 0 Å². The molecule has 0 amide bonds. The molecule has 0 bridgehead atoms. The van der Waals surface area contributed by atoms with Crippen molar-refractivity contribution in [3.63, 3.8) is 0 Å². The van der Waals surface area contributed by atoms with Crippen LogP contribution in [0.1, 0.15) is 5.56 Å². The predicted octanol–water partition coefficient (Wildman–Crippen LogP) is 0.822. The first kappa shape index (κ1) is 10.1. The van der Waals surface area contributed by atoms with Gasteiger partial charge in [-0.1, -0.05) is 12.1 Å². The lowest BCUT2D eigenvalue weighted by Crippen LogP contribution is -2.11. The summed E-state index contributed by atoms with van der Waals surface area (Å²) < 4.78 is 5.10. The molecule has 0 spiro atoms. The summed E-state index contributed by atoms with van der Waals surface area (Å²) in [5.41, 5.74) is 11.5. The topological polar surface area (TPSA) is 85.1 Å². The molecule has 0 aliphatic heterocycles. The summed E-state index contributed by atoms with van der Waals surface area (Å²) in [6.07, 6.45) is 1.39. The van der Waals surface area contributed by atoms with Crippen LogP contribution in [0, 0.1) is 5.41 Å². The maximum Gasteiger partial charge on any atom is 0.128 e. The number of hydrogen-bond donors (Lipinski definition) is 3. The zero-order chi connectivity index (χ0) is 10.6. The molecule has 1 aromatic rings. The van der Waals surface area contributed by atoms with Crippen molar-refractivity contribution in [2.75, 3.05) is 7.11 Å². The summed E-state index contributed by atoms with van der Waals surface area (Å²) in [4.78, 5) is 0. The van der Waals surface area contributed by atoms with Gasteiger partial charge in [-0.25, -0.2) is 0 Å². The monoisotopic (exact) mass is 191 g/mol. The number of para-hydroxylation sites is 1. The Labute approximate surface area is 82.7 Å². The van der Waals surface area contributed by atoms with Crippen LogP contribution in [0.15, 0.2) is 36.2 Å². The average molecular weight is 191 g/mol. The van der Waals surface area contributed by atoms with Gasteiger partial charge in [0.2, 0.25) is 0 Å². The van der Waals surface area contributed by atoms with Crippen LogP contribution in [0.5, 0.6) is 5.75 Å². The number of allylic oxidation sites excluding steroid dienone is 1. The van der Waals surface area contributed by atoms with E-state index in [2.05, 4.69) is 0 Å². The summed E-state index contributed by atoms with van der Waals surface area (Å²) in [5.74, 6) is 0.746. The van der Waals surface area contributed by atoms with E-state index in [0.717, 1.165) is 0 Å². The highest BCUT2D eigenvalue weighted by Crippen LogP contribution is 2.17. The zero-order valence-electron chi connectivity index (χ0n) is 7.95. The Hall–Kier alpha value is -1.97. The van der Waals surface area contributed by atoms with E-state index >= 15 is 0 Å². The predicted molar refractivity (Wildman–Crippen MR) is 56.3 cm³/mol. The van der Waals surface area contributed by atoms with Crippen LogP contribution in [-0.4, -0.2) is 12.8 Å². The minimum absolute atomic E-state index is 0.112. The van der Waals surface area contributed by atoms with Gasteiger partial charge in [-0.05, 0) is 12.1 Å². The fraction of sp³-hybridized carbons (Fsp3) is 0.100. The van der Waals surface area contributed by atoms with Gasteiger partial charge in [0, 0.05) is 11.6 Å². The maximum absolute atomic E-state index is 7.69. The largest absolute Gasteiger partial charge is 0.496 e. The minimum atomic E-state index is 0.112. The lowest BCUT2D eigenvalue weighted by Gasteiger charge is -2.06. The van der Waals surface area contributed by atoms with Crippen LogP contribution < -0.4 is 16.2 Å². The Bertz CT molecular complexity index is 367. The minimum Gasteiger partial charge on any atom is -0.496 e. The standard InChI is InChI=1S/C10H13N3O/c1-14-9-5-3-2-4-7(9)8(11)6-10(12)13/h2-6,11H,12-13H2,1H3. The molecule has 14 heavy (non-hydrogen) atoms. The second-order valence-corrected chi connectivity index (χ2v) is 2.76. The summed E-state index contributed by atoms with van der Waals surface area (Å²) in [7, 11) is 1.56. The van der Waals surface area contributed by atoms with Crippen LogP contribution >= 0.6 is 0 Å². The molecule has 4 nitrogen and oxygen atoms in total. The molecule has 0 heterocycles. The van der Waals surface area contributed by atoms with E-state index in [1.807, 2.05) is 12.1 Å². The molecule has 0 radical (unpaired) electrons. The van der Waals surface area contributed by atoms with Crippen LogP contribution in [0.4, 0.5) is 0 Å². The molecule has 0 saturated carbocycles. The molecule has 0 aliphatic rings. The van der Waals surface area contributed by atoms with E-state index in [1.165, 1.54) is 6.08 Å². The van der Waals surface area contributed by atoms with E-state index in [-0.39, 0.29) is 11.5 Å². The summed E-state index contributed by atoms with van der Waals surface area (Å²) in [6, 6.07) is 7.23. The Kier molecular flexibility index (Phi) is 3.12. The van der Waals surface area contributed by atoms with E-state index in [4.69, 9.17) is 21.6 Å². The molecule has 1 rings (SSSR count). The van der Waals surface area contributed by atoms with Gasteiger partial charge < -0.3 is 16.2 Å². The van der Waals surface area contributed by atoms with Gasteiger partial charge >= 0.3 is 0 Å². The molecule has 0 unspecified atom stereocenters. The number of methoxy groups -OCH3 is 1. The molecule has 0 aliphatic carbocycles. The molecule has 0 atom stereocenters. The number of ether oxygens (including phenoxy) is 1. The Morgan fingerprint density at radius 2 is 2.00 bits per heavy atom. The van der Waals surface area contributed by atoms with Crippen molar-refractivity contribution in [1.82, 2.24) is 0 Å². The molecule has 74 valence electrons. The molecule has 0 aromatic heterocycles. The van der Waals surface area contributed by atoms with Gasteiger partial charge in [0.1, 0.15) is 5.75 Å². The van der Waals surface area contributed by atoms with E-state index in [9.17, 15) is 0 Å². The summed E-state index contributed by atoms with van der Waals surface area (Å²) in [6.45, 7) is 0. The molecule has 4 heteroatoms. The molecule has 5 N–H and O–H groups in total. The normalized spacial score (nSPS) is 9.21. The highest BCUT2D eigenvalue weighted by Gasteiger charge is 2.04. The quantitative estimate of drug-likeness (QED) is 0.618. The lowest BCUT2D eigenvalue weighted by molar-refractivity contribution is 0.414. The molecule has 0 fully saturated rings. The SMILES string of the molecule is COc1ccccc1C(=N)C=C(N)N. The van der Waals surface area contributed by atoms with Gasteiger partial charge in [0.15, 0.2) is 0 Å². The zero-order valence-corrected chi connectivity index (χ0v) is 7.95. The molecular formula is C10H13N3O. The van der Waals surface area contributed by atoms with Gasteiger partial charge in [-0.3, -0.25) is 5.41 Å². The summed E-state index contributed by atoms with van der Waals surface area (Å²) in [5, 5.41) is 7.69. The Morgan fingerprint density at radius 1 is 1.36 bits per heavy atom. The van der Waals surface area contributed by atoms with Crippen LogP contribution in [0.2, 0.25) is 0 Å². The van der Waals surface area contributed by atoms with Crippen molar-refractivity contribution in [2.24, 2.45) is 11.5 Å². The molecule has 0 saturated heterocycles. The van der Waals surface area contributed by atoms with Crippen molar-refractivity contribution in [1.29, 1.82) is 5.41 Å². The number of hydrogen-bond acceptors (Lipinski definition) is 4. The lowest BCUT2D eigenvalue weighted by atomic mass is 10.1. The van der Waals surface area contributed by atoms with E-state index in [1.54, 1.807) is 19.2 Å². The fourth-order valence-corrected chi connectivity index (χ4v) is 1.11. The number of nitrogens with one attached hydrogen (secondary N) is 1. The average Bonchev–Trinajstić information content (AvgIpc) is 2.16. The first-order valence-electron chi connectivity index (χ1n) is 4.09. The van der Waals surface area contributed by atoms with Gasteiger partial charge in [-0.2, -0.15) is 0 Å². The van der Waals surface area contributed by atoms with Crippen molar-refractivity contribution in [3.05, 3.63) is 41.7 Å². The van der Waals surface area contributed by atoms with Crippen molar-refractivity contribution < 1.29 is 4.74 Å².